The van der Waals surface area contributed by atoms with Crippen LogP contribution in [0.3, 0.4) is 0 Å². The van der Waals surface area contributed by atoms with Crippen LogP contribution in [-0.2, 0) is 14.8 Å². The van der Waals surface area contributed by atoms with E-state index in [1.165, 1.54) is 31.2 Å². The average Bonchev–Trinajstić information content (AvgIpc) is 2.56. The van der Waals surface area contributed by atoms with Crippen LogP contribution in [0.1, 0.15) is 34.0 Å². The van der Waals surface area contributed by atoms with Crippen molar-refractivity contribution in [3.63, 3.8) is 0 Å². The van der Waals surface area contributed by atoms with Crippen molar-refractivity contribution in [2.24, 2.45) is 0 Å². The van der Waals surface area contributed by atoms with Crippen molar-refractivity contribution in [1.29, 1.82) is 0 Å². The Kier molecular flexibility index (Phi) is 5.94. The first kappa shape index (κ1) is 19.8. The van der Waals surface area contributed by atoms with Gasteiger partial charge in [0.05, 0.1) is 11.4 Å². The Labute approximate surface area is 153 Å². The van der Waals surface area contributed by atoms with E-state index in [1.54, 1.807) is 0 Å². The SMILES string of the molecule is CC(=O)c1cccc(S(=O)(=O)NCC(=O)Nc2c(C)cc(C)cc2C)c1. The van der Waals surface area contributed by atoms with Crippen LogP contribution in [-0.4, -0.2) is 26.7 Å². The van der Waals surface area contributed by atoms with Crippen LogP contribution in [0.5, 0.6) is 0 Å². The zero-order chi connectivity index (χ0) is 19.5. The quantitative estimate of drug-likeness (QED) is 0.761. The summed E-state index contributed by atoms with van der Waals surface area (Å²) in [5.74, 6) is -0.698. The fraction of sp³-hybridized carbons (Fsp3) is 0.263. The van der Waals surface area contributed by atoms with E-state index in [-0.39, 0.29) is 10.7 Å². The molecule has 0 saturated carbocycles. The maximum Gasteiger partial charge on any atom is 0.241 e. The summed E-state index contributed by atoms with van der Waals surface area (Å²) < 4.78 is 26.9. The van der Waals surface area contributed by atoms with Gasteiger partial charge in [-0.3, -0.25) is 9.59 Å². The molecule has 0 atom stereocenters. The molecule has 138 valence electrons. The molecule has 0 fully saturated rings. The normalized spacial score (nSPS) is 11.2. The van der Waals surface area contributed by atoms with Crippen molar-refractivity contribution < 1.29 is 18.0 Å². The molecule has 6 nitrogen and oxygen atoms in total. The van der Waals surface area contributed by atoms with Crippen molar-refractivity contribution in [3.8, 4) is 0 Å². The number of rotatable bonds is 6. The van der Waals surface area contributed by atoms with Crippen LogP contribution in [0.4, 0.5) is 5.69 Å². The minimum atomic E-state index is -3.89. The zero-order valence-electron chi connectivity index (χ0n) is 15.2. The van der Waals surface area contributed by atoms with E-state index in [1.807, 2.05) is 32.9 Å². The van der Waals surface area contributed by atoms with Crippen LogP contribution in [0.2, 0.25) is 0 Å². The largest absolute Gasteiger partial charge is 0.324 e. The van der Waals surface area contributed by atoms with E-state index in [0.29, 0.717) is 11.3 Å². The monoisotopic (exact) mass is 374 g/mol. The third kappa shape index (κ3) is 4.77. The second kappa shape index (κ2) is 7.80. The Hall–Kier alpha value is -2.51. The molecular weight excluding hydrogens is 352 g/mol. The topological polar surface area (TPSA) is 92.3 Å². The summed E-state index contributed by atoms with van der Waals surface area (Å²) in [4.78, 5) is 23.5. The molecule has 0 aliphatic rings. The lowest BCUT2D eigenvalue weighted by molar-refractivity contribution is -0.115. The summed E-state index contributed by atoms with van der Waals surface area (Å²) in [5, 5.41) is 2.74. The summed E-state index contributed by atoms with van der Waals surface area (Å²) in [6.07, 6.45) is 0. The first-order chi connectivity index (χ1) is 12.1. The lowest BCUT2D eigenvalue weighted by Gasteiger charge is -2.13. The number of nitrogens with one attached hydrogen (secondary N) is 2. The number of benzene rings is 2. The van der Waals surface area contributed by atoms with Gasteiger partial charge in [-0.25, -0.2) is 13.1 Å². The van der Waals surface area contributed by atoms with E-state index >= 15 is 0 Å². The molecule has 0 spiro atoms. The van der Waals surface area contributed by atoms with Crippen LogP contribution < -0.4 is 10.0 Å². The van der Waals surface area contributed by atoms with E-state index in [9.17, 15) is 18.0 Å². The fourth-order valence-electron chi connectivity index (χ4n) is 2.69. The molecule has 1 amide bonds. The van der Waals surface area contributed by atoms with Crippen LogP contribution >= 0.6 is 0 Å². The maximum absolute atomic E-state index is 12.3. The predicted octanol–water partition coefficient (Wildman–Crippen LogP) is 2.73. The third-order valence-corrected chi connectivity index (χ3v) is 5.31. The fourth-order valence-corrected chi connectivity index (χ4v) is 3.71. The van der Waals surface area contributed by atoms with Gasteiger partial charge in [0.2, 0.25) is 15.9 Å². The van der Waals surface area contributed by atoms with Gasteiger partial charge in [-0.05, 0) is 51.0 Å². The Balaban J connectivity index is 2.09. The van der Waals surface area contributed by atoms with Crippen LogP contribution in [0.15, 0.2) is 41.3 Å². The molecule has 0 unspecified atom stereocenters. The average molecular weight is 374 g/mol. The first-order valence-corrected chi connectivity index (χ1v) is 9.57. The number of sulfonamides is 1. The Bertz CT molecular complexity index is 942. The number of carbonyl (C=O) groups is 2. The maximum atomic E-state index is 12.3. The molecule has 0 aliphatic heterocycles. The molecule has 2 rings (SSSR count). The highest BCUT2D eigenvalue weighted by molar-refractivity contribution is 7.89. The number of aryl methyl sites for hydroxylation is 3. The number of ketones is 1. The second-order valence-corrected chi connectivity index (χ2v) is 8.00. The lowest BCUT2D eigenvalue weighted by Crippen LogP contribution is -2.33. The van der Waals surface area contributed by atoms with Gasteiger partial charge in [0.25, 0.3) is 0 Å². The molecule has 0 bridgehead atoms. The summed E-state index contributed by atoms with van der Waals surface area (Å²) in [6, 6.07) is 9.58. The number of Topliss-reactive ketones (excluding diaryl/α,β-unsaturated/α-hetero) is 1. The number of hydrogen-bond acceptors (Lipinski definition) is 4. The standard InChI is InChI=1S/C19H22N2O4S/c1-12-8-13(2)19(14(3)9-12)21-18(23)11-20-26(24,25)17-7-5-6-16(10-17)15(4)22/h5-10,20H,11H2,1-4H3,(H,21,23). The van der Waals surface area contributed by atoms with E-state index in [2.05, 4.69) is 10.0 Å². The second-order valence-electron chi connectivity index (χ2n) is 6.23. The van der Waals surface area contributed by atoms with Gasteiger partial charge in [-0.15, -0.1) is 0 Å². The molecule has 0 heterocycles. The first-order valence-electron chi connectivity index (χ1n) is 8.08. The minimum Gasteiger partial charge on any atom is -0.324 e. The summed E-state index contributed by atoms with van der Waals surface area (Å²) in [5.41, 5.74) is 3.88. The molecule has 26 heavy (non-hydrogen) atoms. The predicted molar refractivity (Wildman–Crippen MR) is 101 cm³/mol. The number of hydrogen-bond donors (Lipinski definition) is 2. The van der Waals surface area contributed by atoms with Crippen molar-refractivity contribution in [3.05, 3.63) is 58.7 Å². The van der Waals surface area contributed by atoms with Crippen LogP contribution in [0, 0.1) is 20.8 Å². The summed E-state index contributed by atoms with van der Waals surface area (Å²) in [7, 11) is -3.89. The van der Waals surface area contributed by atoms with Crippen molar-refractivity contribution in [2.75, 3.05) is 11.9 Å². The smallest absolute Gasteiger partial charge is 0.241 e. The summed E-state index contributed by atoms with van der Waals surface area (Å²) in [6.45, 7) is 6.69. The highest BCUT2D eigenvalue weighted by Crippen LogP contribution is 2.21. The highest BCUT2D eigenvalue weighted by Gasteiger charge is 2.17. The lowest BCUT2D eigenvalue weighted by atomic mass is 10.1. The number of amides is 1. The molecule has 0 radical (unpaired) electrons. The van der Waals surface area contributed by atoms with Gasteiger partial charge in [0.15, 0.2) is 5.78 Å². The number of carbonyl (C=O) groups excluding carboxylic acids is 2. The molecule has 0 saturated heterocycles. The molecule has 2 aromatic rings. The molecule has 0 aromatic heterocycles. The molecule has 2 N–H and O–H groups in total. The third-order valence-electron chi connectivity index (χ3n) is 3.92. The Morgan fingerprint density at radius 2 is 1.62 bits per heavy atom. The Morgan fingerprint density at radius 3 is 2.19 bits per heavy atom. The van der Waals surface area contributed by atoms with E-state index in [4.69, 9.17) is 0 Å². The molecule has 7 heteroatoms. The molecular formula is C19H22N2O4S. The van der Waals surface area contributed by atoms with Gasteiger partial charge in [0, 0.05) is 11.3 Å². The van der Waals surface area contributed by atoms with Gasteiger partial charge in [-0.2, -0.15) is 0 Å². The molecule has 2 aromatic carbocycles. The number of anilines is 1. The highest BCUT2D eigenvalue weighted by atomic mass is 32.2. The van der Waals surface area contributed by atoms with Gasteiger partial charge in [0.1, 0.15) is 0 Å². The van der Waals surface area contributed by atoms with Crippen molar-refractivity contribution in [1.82, 2.24) is 4.72 Å². The van der Waals surface area contributed by atoms with Gasteiger partial charge in [-0.1, -0.05) is 29.8 Å². The van der Waals surface area contributed by atoms with Crippen molar-refractivity contribution in [2.45, 2.75) is 32.6 Å². The van der Waals surface area contributed by atoms with Gasteiger partial charge < -0.3 is 5.32 Å². The van der Waals surface area contributed by atoms with E-state index < -0.39 is 22.5 Å². The van der Waals surface area contributed by atoms with Crippen molar-refractivity contribution >= 4 is 27.4 Å². The Morgan fingerprint density at radius 1 is 1.00 bits per heavy atom. The minimum absolute atomic E-state index is 0.0549. The molecule has 0 aliphatic carbocycles. The van der Waals surface area contributed by atoms with Gasteiger partial charge >= 0.3 is 0 Å². The van der Waals surface area contributed by atoms with Crippen LogP contribution in [0.25, 0.3) is 0 Å². The zero-order valence-corrected chi connectivity index (χ0v) is 16.0. The van der Waals surface area contributed by atoms with E-state index in [0.717, 1.165) is 16.7 Å². The summed E-state index contributed by atoms with van der Waals surface area (Å²) >= 11 is 0.